The van der Waals surface area contributed by atoms with Crippen molar-refractivity contribution in [3.8, 4) is 0 Å². The molecular formula is C16H21N3O5. The second kappa shape index (κ2) is 5.92. The Morgan fingerprint density at radius 2 is 2.04 bits per heavy atom. The molecule has 0 spiro atoms. The number of aryl methyl sites for hydroxylation is 1. The monoisotopic (exact) mass is 335 g/mol. The van der Waals surface area contributed by atoms with Crippen LogP contribution in [-0.2, 0) is 9.59 Å². The lowest BCUT2D eigenvalue weighted by Crippen LogP contribution is -2.42. The zero-order chi connectivity index (χ0) is 17.5. The predicted octanol–water partition coefficient (Wildman–Crippen LogP) is 0.768. The van der Waals surface area contributed by atoms with Gasteiger partial charge in [0.1, 0.15) is 5.76 Å². The van der Waals surface area contributed by atoms with Gasteiger partial charge in [-0.25, -0.2) is 0 Å². The first-order chi connectivity index (χ1) is 11.3. The topological polar surface area (TPSA) is 104 Å². The molecule has 1 aromatic rings. The fourth-order valence-electron chi connectivity index (χ4n) is 3.84. The fraction of sp³-hybridized carbons (Fsp3) is 0.625. The predicted molar refractivity (Wildman–Crippen MR) is 82.2 cm³/mol. The van der Waals surface area contributed by atoms with Gasteiger partial charge in [0, 0.05) is 45.1 Å². The Kier molecular flexibility index (Phi) is 4.06. The van der Waals surface area contributed by atoms with Crippen LogP contribution in [0, 0.1) is 18.3 Å². The van der Waals surface area contributed by atoms with E-state index in [0.717, 1.165) is 0 Å². The van der Waals surface area contributed by atoms with Crippen LogP contribution in [0.3, 0.4) is 0 Å². The van der Waals surface area contributed by atoms with Crippen molar-refractivity contribution in [2.24, 2.45) is 11.3 Å². The Bertz CT molecular complexity index is 685. The number of hydrogen-bond acceptors (Lipinski definition) is 5. The summed E-state index contributed by atoms with van der Waals surface area (Å²) in [5, 5.41) is 13.6. The van der Waals surface area contributed by atoms with Gasteiger partial charge < -0.3 is 19.4 Å². The van der Waals surface area contributed by atoms with Crippen molar-refractivity contribution >= 4 is 17.8 Å². The first-order valence-electron chi connectivity index (χ1n) is 8.05. The van der Waals surface area contributed by atoms with Crippen LogP contribution in [0.25, 0.3) is 0 Å². The van der Waals surface area contributed by atoms with Gasteiger partial charge >= 0.3 is 5.97 Å². The van der Waals surface area contributed by atoms with E-state index in [1.165, 1.54) is 6.92 Å². The van der Waals surface area contributed by atoms with Crippen LogP contribution in [0.5, 0.6) is 0 Å². The minimum atomic E-state index is -0.972. The largest absolute Gasteiger partial charge is 0.481 e. The lowest BCUT2D eigenvalue weighted by Gasteiger charge is -2.29. The third-order valence-electron chi connectivity index (χ3n) is 5.19. The number of hydrogen-bond donors (Lipinski definition) is 1. The normalized spacial score (nSPS) is 26.8. The quantitative estimate of drug-likeness (QED) is 0.856. The SMILES string of the molecule is CC(=O)N1C[C@H]2CN(C(=O)c3cc(C)on3)CCC[C@@]2(C(=O)O)C1. The summed E-state index contributed by atoms with van der Waals surface area (Å²) in [5.74, 6) is -0.999. The summed E-state index contributed by atoms with van der Waals surface area (Å²) in [6.45, 7) is 4.53. The number of carboxylic acid groups (broad SMARTS) is 1. The second-order valence-electron chi connectivity index (χ2n) is 6.74. The molecule has 0 bridgehead atoms. The fourth-order valence-corrected chi connectivity index (χ4v) is 3.84. The molecule has 3 rings (SSSR count). The summed E-state index contributed by atoms with van der Waals surface area (Å²) in [6.07, 6.45) is 1.04. The van der Waals surface area contributed by atoms with E-state index in [1.54, 1.807) is 22.8 Å². The van der Waals surface area contributed by atoms with Crippen LogP contribution < -0.4 is 0 Å². The van der Waals surface area contributed by atoms with E-state index in [2.05, 4.69) is 5.16 Å². The minimum absolute atomic E-state index is 0.131. The maximum Gasteiger partial charge on any atom is 0.311 e. The van der Waals surface area contributed by atoms with E-state index in [9.17, 15) is 19.5 Å². The van der Waals surface area contributed by atoms with Crippen LogP contribution in [0.4, 0.5) is 0 Å². The van der Waals surface area contributed by atoms with Gasteiger partial charge in [0.25, 0.3) is 5.91 Å². The van der Waals surface area contributed by atoms with Crippen molar-refractivity contribution < 1.29 is 24.0 Å². The highest BCUT2D eigenvalue weighted by Gasteiger charge is 2.54. The molecule has 0 saturated carbocycles. The summed E-state index contributed by atoms with van der Waals surface area (Å²) in [4.78, 5) is 39.5. The Balaban J connectivity index is 1.85. The van der Waals surface area contributed by atoms with Crippen molar-refractivity contribution in [1.82, 2.24) is 15.0 Å². The number of amides is 2. The molecule has 2 atom stereocenters. The molecule has 2 fully saturated rings. The molecule has 24 heavy (non-hydrogen) atoms. The standard InChI is InChI=1S/C16H21N3O5/c1-10-6-13(17-24-10)14(21)18-5-3-4-16(15(22)23)9-19(11(2)20)8-12(16)7-18/h6,12H,3-5,7-9H2,1-2H3,(H,22,23)/t12-,16-/m1/s1. The maximum absolute atomic E-state index is 12.6. The molecule has 3 heterocycles. The van der Waals surface area contributed by atoms with Gasteiger partial charge in [-0.2, -0.15) is 0 Å². The number of rotatable bonds is 2. The molecule has 8 nitrogen and oxygen atoms in total. The van der Waals surface area contributed by atoms with Crippen molar-refractivity contribution in [2.45, 2.75) is 26.7 Å². The summed E-state index contributed by atoms with van der Waals surface area (Å²) in [7, 11) is 0. The number of carbonyl (C=O) groups is 3. The first-order valence-corrected chi connectivity index (χ1v) is 8.05. The molecule has 1 aromatic heterocycles. The Hall–Kier alpha value is -2.38. The molecule has 1 N–H and O–H groups in total. The maximum atomic E-state index is 12.6. The van der Waals surface area contributed by atoms with Gasteiger partial charge in [0.15, 0.2) is 5.69 Å². The molecule has 2 amide bonds. The Morgan fingerprint density at radius 3 is 2.62 bits per heavy atom. The van der Waals surface area contributed by atoms with Gasteiger partial charge in [0.05, 0.1) is 5.41 Å². The molecule has 0 unspecified atom stereocenters. The number of nitrogens with zero attached hydrogens (tertiary/aromatic N) is 3. The number of carbonyl (C=O) groups excluding carboxylic acids is 2. The number of aromatic nitrogens is 1. The van der Waals surface area contributed by atoms with Crippen molar-refractivity contribution in [2.75, 3.05) is 26.2 Å². The molecule has 0 radical (unpaired) electrons. The first kappa shape index (κ1) is 16.5. The zero-order valence-corrected chi connectivity index (χ0v) is 13.8. The van der Waals surface area contributed by atoms with E-state index < -0.39 is 11.4 Å². The minimum Gasteiger partial charge on any atom is -0.481 e. The van der Waals surface area contributed by atoms with Gasteiger partial charge in [-0.05, 0) is 19.8 Å². The number of aliphatic carboxylic acids is 1. The number of likely N-dealkylation sites (tertiary alicyclic amines) is 2. The smallest absolute Gasteiger partial charge is 0.311 e. The molecule has 130 valence electrons. The van der Waals surface area contributed by atoms with Crippen LogP contribution in [0.1, 0.15) is 36.0 Å². The Morgan fingerprint density at radius 1 is 1.33 bits per heavy atom. The van der Waals surface area contributed by atoms with E-state index in [4.69, 9.17) is 4.52 Å². The van der Waals surface area contributed by atoms with Crippen LogP contribution in [-0.4, -0.2) is 64.0 Å². The lowest BCUT2D eigenvalue weighted by molar-refractivity contribution is -0.151. The van der Waals surface area contributed by atoms with Crippen molar-refractivity contribution in [1.29, 1.82) is 0 Å². The zero-order valence-electron chi connectivity index (χ0n) is 13.8. The van der Waals surface area contributed by atoms with E-state index in [0.29, 0.717) is 38.2 Å². The van der Waals surface area contributed by atoms with Gasteiger partial charge in [-0.3, -0.25) is 14.4 Å². The van der Waals surface area contributed by atoms with Gasteiger partial charge in [-0.1, -0.05) is 5.16 Å². The summed E-state index contributed by atoms with van der Waals surface area (Å²) in [5.41, 5.74) is -0.739. The van der Waals surface area contributed by atoms with Crippen molar-refractivity contribution in [3.63, 3.8) is 0 Å². The molecule has 2 saturated heterocycles. The number of fused-ring (bicyclic) bond motifs is 1. The third kappa shape index (κ3) is 2.65. The summed E-state index contributed by atoms with van der Waals surface area (Å²) in [6, 6.07) is 1.58. The summed E-state index contributed by atoms with van der Waals surface area (Å²) >= 11 is 0. The van der Waals surface area contributed by atoms with E-state index in [1.807, 2.05) is 0 Å². The van der Waals surface area contributed by atoms with Gasteiger partial charge in [-0.15, -0.1) is 0 Å². The molecule has 2 aliphatic heterocycles. The van der Waals surface area contributed by atoms with Crippen LogP contribution in [0.15, 0.2) is 10.6 Å². The van der Waals surface area contributed by atoms with Crippen molar-refractivity contribution in [3.05, 3.63) is 17.5 Å². The van der Waals surface area contributed by atoms with Crippen LogP contribution in [0.2, 0.25) is 0 Å². The average Bonchev–Trinajstić information content (AvgIpc) is 3.06. The second-order valence-corrected chi connectivity index (χ2v) is 6.74. The highest BCUT2D eigenvalue weighted by atomic mass is 16.5. The molecular weight excluding hydrogens is 314 g/mol. The van der Waals surface area contributed by atoms with Gasteiger partial charge in [0.2, 0.25) is 5.91 Å². The van der Waals surface area contributed by atoms with E-state index in [-0.39, 0.29) is 30.0 Å². The lowest BCUT2D eigenvalue weighted by atomic mass is 9.75. The summed E-state index contributed by atoms with van der Waals surface area (Å²) < 4.78 is 4.96. The highest BCUT2D eigenvalue weighted by Crippen LogP contribution is 2.43. The molecule has 2 aliphatic rings. The van der Waals surface area contributed by atoms with Crippen LogP contribution >= 0.6 is 0 Å². The Labute approximate surface area is 139 Å². The van der Waals surface area contributed by atoms with E-state index >= 15 is 0 Å². The molecule has 0 aliphatic carbocycles. The third-order valence-corrected chi connectivity index (χ3v) is 5.19. The number of carboxylic acids is 1. The molecule has 8 heteroatoms. The highest BCUT2D eigenvalue weighted by molar-refractivity contribution is 5.92. The average molecular weight is 335 g/mol. The molecule has 0 aromatic carbocycles.